The molecule has 0 radical (unpaired) electrons. The first-order chi connectivity index (χ1) is 7.61. The summed E-state index contributed by atoms with van der Waals surface area (Å²) in [6.07, 6.45) is 0.257. The predicted octanol–water partition coefficient (Wildman–Crippen LogP) is 2.01. The van der Waals surface area contributed by atoms with Crippen LogP contribution in [0.1, 0.15) is 12.0 Å². The van der Waals surface area contributed by atoms with E-state index in [-0.39, 0.29) is 24.1 Å². The summed E-state index contributed by atoms with van der Waals surface area (Å²) in [6.45, 7) is 2.06. The summed E-state index contributed by atoms with van der Waals surface area (Å²) < 4.78 is 13.1. The van der Waals surface area contributed by atoms with E-state index < -0.39 is 0 Å². The lowest BCUT2D eigenvalue weighted by molar-refractivity contribution is -0.117. The van der Waals surface area contributed by atoms with Crippen molar-refractivity contribution in [3.63, 3.8) is 0 Å². The number of nitrogens with zero attached hydrogens (tertiary/aromatic N) is 2. The lowest BCUT2D eigenvalue weighted by Crippen LogP contribution is -2.24. The number of hydrogen-bond donors (Lipinski definition) is 0. The zero-order chi connectivity index (χ0) is 11.7. The third kappa shape index (κ3) is 1.76. The van der Waals surface area contributed by atoms with Gasteiger partial charge >= 0.3 is 0 Å². The van der Waals surface area contributed by atoms with Crippen LogP contribution in [0.4, 0.5) is 10.1 Å². The van der Waals surface area contributed by atoms with Gasteiger partial charge in [-0.1, -0.05) is 0 Å². The SMILES string of the molecule is Cc1cc(N2CC(C#N)CC2=O)ccc1F. The highest BCUT2D eigenvalue weighted by Gasteiger charge is 2.30. The smallest absolute Gasteiger partial charge is 0.228 e. The van der Waals surface area contributed by atoms with Crippen molar-refractivity contribution in [2.24, 2.45) is 5.92 Å². The summed E-state index contributed by atoms with van der Waals surface area (Å²) in [7, 11) is 0. The second-order valence-electron chi connectivity index (χ2n) is 3.97. The third-order valence-electron chi connectivity index (χ3n) is 2.76. The number of halogens is 1. The first-order valence-electron chi connectivity index (χ1n) is 5.08. The molecule has 0 saturated carbocycles. The summed E-state index contributed by atoms with van der Waals surface area (Å²) in [5.41, 5.74) is 1.17. The largest absolute Gasteiger partial charge is 0.311 e. The van der Waals surface area contributed by atoms with E-state index in [1.807, 2.05) is 0 Å². The van der Waals surface area contributed by atoms with Gasteiger partial charge in [-0.3, -0.25) is 4.79 Å². The number of carbonyl (C=O) groups is 1. The van der Waals surface area contributed by atoms with Crippen molar-refractivity contribution < 1.29 is 9.18 Å². The van der Waals surface area contributed by atoms with Crippen LogP contribution in [0.25, 0.3) is 0 Å². The molecule has 3 nitrogen and oxygen atoms in total. The van der Waals surface area contributed by atoms with Gasteiger partial charge < -0.3 is 4.90 Å². The summed E-state index contributed by atoms with van der Waals surface area (Å²) in [5.74, 6) is -0.609. The monoisotopic (exact) mass is 218 g/mol. The Morgan fingerprint density at radius 2 is 2.31 bits per heavy atom. The third-order valence-corrected chi connectivity index (χ3v) is 2.76. The van der Waals surface area contributed by atoms with Crippen LogP contribution < -0.4 is 4.90 Å². The fourth-order valence-corrected chi connectivity index (χ4v) is 1.84. The van der Waals surface area contributed by atoms with Gasteiger partial charge in [-0.05, 0) is 30.7 Å². The molecule has 1 unspecified atom stereocenters. The molecule has 1 fully saturated rings. The van der Waals surface area contributed by atoms with E-state index in [0.29, 0.717) is 17.8 Å². The van der Waals surface area contributed by atoms with Crippen molar-refractivity contribution in [3.8, 4) is 6.07 Å². The second-order valence-corrected chi connectivity index (χ2v) is 3.97. The van der Waals surface area contributed by atoms with Crippen molar-refractivity contribution in [1.29, 1.82) is 5.26 Å². The highest BCUT2D eigenvalue weighted by molar-refractivity contribution is 5.96. The first-order valence-corrected chi connectivity index (χ1v) is 5.08. The van der Waals surface area contributed by atoms with E-state index in [1.54, 1.807) is 24.0 Å². The fourth-order valence-electron chi connectivity index (χ4n) is 1.84. The molecule has 0 N–H and O–H groups in total. The summed E-state index contributed by atoms with van der Waals surface area (Å²) >= 11 is 0. The van der Waals surface area contributed by atoms with Gasteiger partial charge in [0.05, 0.1) is 12.0 Å². The Bertz CT molecular complexity index is 478. The molecule has 0 bridgehead atoms. The van der Waals surface area contributed by atoms with Gasteiger partial charge in [-0.2, -0.15) is 5.26 Å². The molecular weight excluding hydrogens is 207 g/mol. The Balaban J connectivity index is 2.29. The molecule has 1 amide bonds. The van der Waals surface area contributed by atoms with Gasteiger partial charge in [0, 0.05) is 18.7 Å². The van der Waals surface area contributed by atoms with E-state index in [0.717, 1.165) is 0 Å². The van der Waals surface area contributed by atoms with Gasteiger partial charge in [-0.15, -0.1) is 0 Å². The maximum Gasteiger partial charge on any atom is 0.228 e. The van der Waals surface area contributed by atoms with E-state index >= 15 is 0 Å². The van der Waals surface area contributed by atoms with Gasteiger partial charge in [-0.25, -0.2) is 4.39 Å². The number of benzene rings is 1. The van der Waals surface area contributed by atoms with Crippen LogP contribution in [0.2, 0.25) is 0 Å². The van der Waals surface area contributed by atoms with Gasteiger partial charge in [0.1, 0.15) is 5.82 Å². The number of amides is 1. The van der Waals surface area contributed by atoms with Crippen molar-refractivity contribution in [2.75, 3.05) is 11.4 Å². The predicted molar refractivity (Wildman–Crippen MR) is 57.2 cm³/mol. The summed E-state index contributed by atoms with van der Waals surface area (Å²) in [5, 5.41) is 8.76. The maximum atomic E-state index is 13.1. The molecule has 0 spiro atoms. The zero-order valence-electron chi connectivity index (χ0n) is 8.90. The Kier molecular flexibility index (Phi) is 2.61. The summed E-state index contributed by atoms with van der Waals surface area (Å²) in [4.78, 5) is 13.2. The van der Waals surface area contributed by atoms with Crippen LogP contribution in [-0.2, 0) is 4.79 Å². The number of aryl methyl sites for hydroxylation is 1. The van der Waals surface area contributed by atoms with E-state index in [1.165, 1.54) is 6.07 Å². The highest BCUT2D eigenvalue weighted by Crippen LogP contribution is 2.26. The molecule has 4 heteroatoms. The molecule has 1 aromatic carbocycles. The molecule has 0 aliphatic carbocycles. The number of rotatable bonds is 1. The van der Waals surface area contributed by atoms with Crippen molar-refractivity contribution in [3.05, 3.63) is 29.6 Å². The molecule has 1 atom stereocenters. The van der Waals surface area contributed by atoms with Crippen LogP contribution in [0, 0.1) is 30.0 Å². The lowest BCUT2D eigenvalue weighted by atomic mass is 10.1. The van der Waals surface area contributed by atoms with Crippen molar-refractivity contribution in [2.45, 2.75) is 13.3 Å². The second kappa shape index (κ2) is 3.93. The van der Waals surface area contributed by atoms with E-state index in [4.69, 9.17) is 5.26 Å². The molecule has 0 aromatic heterocycles. The normalized spacial score (nSPS) is 19.9. The highest BCUT2D eigenvalue weighted by atomic mass is 19.1. The standard InChI is InChI=1S/C12H11FN2O/c1-8-4-10(2-3-11(8)13)15-7-9(6-14)5-12(15)16/h2-4,9H,5,7H2,1H3. The molecule has 16 heavy (non-hydrogen) atoms. The molecule has 82 valence electrons. The van der Waals surface area contributed by atoms with Crippen molar-refractivity contribution in [1.82, 2.24) is 0 Å². The van der Waals surface area contributed by atoms with Crippen LogP contribution in [-0.4, -0.2) is 12.5 Å². The first kappa shape index (κ1) is 10.6. The number of carbonyl (C=O) groups excluding carboxylic acids is 1. The minimum atomic E-state index is -0.285. The molecule has 1 aliphatic rings. The van der Waals surface area contributed by atoms with E-state index in [9.17, 15) is 9.18 Å². The fraction of sp³-hybridized carbons (Fsp3) is 0.333. The molecule has 1 heterocycles. The van der Waals surface area contributed by atoms with Crippen LogP contribution >= 0.6 is 0 Å². The van der Waals surface area contributed by atoms with Gasteiger partial charge in [0.15, 0.2) is 0 Å². The number of nitriles is 1. The van der Waals surface area contributed by atoms with Crippen LogP contribution in [0.5, 0.6) is 0 Å². The minimum absolute atomic E-state index is 0.0717. The molecule has 1 saturated heterocycles. The average molecular weight is 218 g/mol. The van der Waals surface area contributed by atoms with Gasteiger partial charge in [0.2, 0.25) is 5.91 Å². The molecular formula is C12H11FN2O. The van der Waals surface area contributed by atoms with E-state index in [2.05, 4.69) is 6.07 Å². The Morgan fingerprint density at radius 3 is 2.88 bits per heavy atom. The molecule has 1 aromatic rings. The number of anilines is 1. The Labute approximate surface area is 93.1 Å². The van der Waals surface area contributed by atoms with Crippen molar-refractivity contribution >= 4 is 11.6 Å². The lowest BCUT2D eigenvalue weighted by Gasteiger charge is -2.16. The molecule has 1 aliphatic heterocycles. The topological polar surface area (TPSA) is 44.1 Å². The minimum Gasteiger partial charge on any atom is -0.311 e. The Hall–Kier alpha value is -1.89. The maximum absolute atomic E-state index is 13.1. The average Bonchev–Trinajstić information content (AvgIpc) is 2.64. The zero-order valence-corrected chi connectivity index (χ0v) is 8.90. The van der Waals surface area contributed by atoms with Crippen LogP contribution in [0.15, 0.2) is 18.2 Å². The van der Waals surface area contributed by atoms with Gasteiger partial charge in [0.25, 0.3) is 0 Å². The summed E-state index contributed by atoms with van der Waals surface area (Å²) in [6, 6.07) is 6.63. The quantitative estimate of drug-likeness (QED) is 0.723. The molecule has 2 rings (SSSR count). The Morgan fingerprint density at radius 1 is 1.56 bits per heavy atom. The van der Waals surface area contributed by atoms with Crippen LogP contribution in [0.3, 0.4) is 0 Å². The number of hydrogen-bond acceptors (Lipinski definition) is 2.